The molecule has 3 aliphatic heterocycles. The monoisotopic (exact) mass is 558 g/mol. The number of hydrogen-bond acceptors (Lipinski definition) is 7. The van der Waals surface area contributed by atoms with Crippen LogP contribution >= 0.6 is 11.3 Å². The van der Waals surface area contributed by atoms with Gasteiger partial charge in [-0.2, -0.15) is 0 Å². The van der Waals surface area contributed by atoms with E-state index in [2.05, 4.69) is 40.1 Å². The lowest BCUT2D eigenvalue weighted by Gasteiger charge is -2.41. The van der Waals surface area contributed by atoms with Crippen LogP contribution in [-0.4, -0.2) is 72.0 Å². The fraction of sp³-hybridized carbons (Fsp3) is 0.469. The van der Waals surface area contributed by atoms with Crippen molar-refractivity contribution < 1.29 is 14.3 Å². The predicted octanol–water partition coefficient (Wildman–Crippen LogP) is 5.25. The standard InChI is InChI=1S/C32H38N4O3S/c1-2-39-32(38)25-9-5-16-36(22-25)30-27(11-12-28(33-30)29-10-6-20-40-29)31(37)34-18-14-26(15-19-34)35-17-13-23-7-3-4-8-24(23)21-35/h3-4,6-8,10-12,20,25-26H,2,5,9,13-19,21-22H2,1H3. The number of aromatic nitrogens is 1. The van der Waals surface area contributed by atoms with Crippen LogP contribution in [0.15, 0.2) is 53.9 Å². The largest absolute Gasteiger partial charge is 0.466 e. The van der Waals surface area contributed by atoms with Crippen LogP contribution in [0.5, 0.6) is 0 Å². The molecule has 2 fully saturated rings. The van der Waals surface area contributed by atoms with Gasteiger partial charge in [0.05, 0.1) is 28.7 Å². The number of pyridine rings is 1. The Morgan fingerprint density at radius 2 is 1.80 bits per heavy atom. The molecule has 0 bridgehead atoms. The van der Waals surface area contributed by atoms with Crippen LogP contribution in [0.3, 0.4) is 0 Å². The second kappa shape index (κ2) is 12.1. The lowest BCUT2D eigenvalue weighted by Crippen LogP contribution is -2.48. The first kappa shape index (κ1) is 27.0. The summed E-state index contributed by atoms with van der Waals surface area (Å²) in [5.41, 5.74) is 4.41. The van der Waals surface area contributed by atoms with Crippen LogP contribution < -0.4 is 4.90 Å². The van der Waals surface area contributed by atoms with Crippen molar-refractivity contribution in [1.29, 1.82) is 0 Å². The number of fused-ring (bicyclic) bond motifs is 1. The summed E-state index contributed by atoms with van der Waals surface area (Å²) in [5, 5.41) is 2.04. The number of thiophene rings is 1. The maximum atomic E-state index is 14.0. The molecule has 210 valence electrons. The Labute approximate surface area is 240 Å². The zero-order chi connectivity index (χ0) is 27.5. The Bertz CT molecular complexity index is 1340. The molecule has 0 radical (unpaired) electrons. The number of carbonyl (C=O) groups excluding carboxylic acids is 2. The molecule has 1 atom stereocenters. The molecular weight excluding hydrogens is 520 g/mol. The number of benzene rings is 1. The first-order valence-electron chi connectivity index (χ1n) is 14.7. The quantitative estimate of drug-likeness (QED) is 0.385. The van der Waals surface area contributed by atoms with E-state index >= 15 is 0 Å². The highest BCUT2D eigenvalue weighted by molar-refractivity contribution is 7.13. The van der Waals surface area contributed by atoms with Crippen molar-refractivity contribution in [1.82, 2.24) is 14.8 Å². The Morgan fingerprint density at radius 3 is 2.58 bits per heavy atom. The molecule has 0 N–H and O–H groups in total. The van der Waals surface area contributed by atoms with Crippen LogP contribution in [0.25, 0.3) is 10.6 Å². The molecule has 0 saturated carbocycles. The average molecular weight is 559 g/mol. The minimum Gasteiger partial charge on any atom is -0.466 e. The number of ether oxygens (including phenoxy) is 1. The van der Waals surface area contributed by atoms with Crippen molar-refractivity contribution >= 4 is 29.0 Å². The summed E-state index contributed by atoms with van der Waals surface area (Å²) >= 11 is 1.64. The number of piperidine rings is 2. The van der Waals surface area contributed by atoms with E-state index in [0.717, 1.165) is 75.4 Å². The summed E-state index contributed by atoms with van der Waals surface area (Å²) in [6, 6.07) is 17.3. The van der Waals surface area contributed by atoms with Crippen molar-refractivity contribution in [2.24, 2.45) is 5.92 Å². The molecule has 0 aliphatic carbocycles. The second-order valence-corrected chi connectivity index (χ2v) is 12.0. The van der Waals surface area contributed by atoms with E-state index in [-0.39, 0.29) is 17.8 Å². The van der Waals surface area contributed by atoms with Crippen molar-refractivity contribution in [2.75, 3.05) is 44.2 Å². The lowest BCUT2D eigenvalue weighted by molar-refractivity contribution is -0.148. The van der Waals surface area contributed by atoms with E-state index in [1.165, 1.54) is 11.1 Å². The molecule has 5 heterocycles. The van der Waals surface area contributed by atoms with Gasteiger partial charge >= 0.3 is 5.97 Å². The summed E-state index contributed by atoms with van der Waals surface area (Å²) in [7, 11) is 0. The summed E-state index contributed by atoms with van der Waals surface area (Å²) in [6.45, 7) is 7.11. The van der Waals surface area contributed by atoms with Gasteiger partial charge in [0.1, 0.15) is 5.82 Å². The Morgan fingerprint density at radius 1 is 0.975 bits per heavy atom. The Balaban J connectivity index is 1.19. The molecule has 6 rings (SSSR count). The van der Waals surface area contributed by atoms with Gasteiger partial charge in [-0.3, -0.25) is 14.5 Å². The molecule has 2 aromatic heterocycles. The van der Waals surface area contributed by atoms with Gasteiger partial charge in [0.15, 0.2) is 0 Å². The molecule has 8 heteroatoms. The van der Waals surface area contributed by atoms with Crippen LogP contribution in [0.2, 0.25) is 0 Å². The number of esters is 1. The van der Waals surface area contributed by atoms with Gasteiger partial charge in [0, 0.05) is 45.3 Å². The third kappa shape index (κ3) is 5.65. The summed E-state index contributed by atoms with van der Waals surface area (Å²) < 4.78 is 5.34. The van der Waals surface area contributed by atoms with Gasteiger partial charge < -0.3 is 14.5 Å². The highest BCUT2D eigenvalue weighted by atomic mass is 32.1. The first-order chi connectivity index (χ1) is 19.6. The highest BCUT2D eigenvalue weighted by Crippen LogP contribution is 2.32. The van der Waals surface area contributed by atoms with Gasteiger partial charge in [-0.1, -0.05) is 30.3 Å². The van der Waals surface area contributed by atoms with Gasteiger partial charge in [0.25, 0.3) is 5.91 Å². The molecular formula is C32H38N4O3S. The zero-order valence-corrected chi connectivity index (χ0v) is 24.1. The number of hydrogen-bond donors (Lipinski definition) is 0. The van der Waals surface area contributed by atoms with Gasteiger partial charge in [0.2, 0.25) is 0 Å². The SMILES string of the molecule is CCOC(=O)C1CCCN(c2nc(-c3cccs3)ccc2C(=O)N2CCC(N3CCc4ccccc4C3)CC2)C1. The van der Waals surface area contributed by atoms with Gasteiger partial charge in [-0.25, -0.2) is 4.98 Å². The van der Waals surface area contributed by atoms with Crippen molar-refractivity contribution in [3.05, 3.63) is 70.6 Å². The number of carbonyl (C=O) groups is 2. The molecule has 3 aromatic rings. The number of anilines is 1. The van der Waals surface area contributed by atoms with Crippen LogP contribution in [-0.2, 0) is 22.5 Å². The fourth-order valence-electron chi connectivity index (χ4n) is 6.47. The number of rotatable bonds is 6. The average Bonchev–Trinajstić information content (AvgIpc) is 3.56. The van der Waals surface area contributed by atoms with E-state index in [1.807, 2.05) is 35.4 Å². The van der Waals surface area contributed by atoms with Crippen molar-refractivity contribution in [3.8, 4) is 10.6 Å². The minimum atomic E-state index is -0.200. The molecule has 1 unspecified atom stereocenters. The summed E-state index contributed by atoms with van der Waals surface area (Å²) in [5.74, 6) is 0.381. The first-order valence-corrected chi connectivity index (χ1v) is 15.5. The fourth-order valence-corrected chi connectivity index (χ4v) is 7.17. The van der Waals surface area contributed by atoms with E-state index in [4.69, 9.17) is 9.72 Å². The summed E-state index contributed by atoms with van der Waals surface area (Å²) in [4.78, 5) is 39.4. The van der Waals surface area contributed by atoms with Crippen LogP contribution in [0.1, 0.15) is 54.1 Å². The highest BCUT2D eigenvalue weighted by Gasteiger charge is 2.33. The molecule has 3 aliphatic rings. The van der Waals surface area contributed by atoms with E-state index in [9.17, 15) is 9.59 Å². The second-order valence-electron chi connectivity index (χ2n) is 11.1. The van der Waals surface area contributed by atoms with E-state index in [1.54, 1.807) is 11.3 Å². The maximum Gasteiger partial charge on any atom is 0.310 e. The topological polar surface area (TPSA) is 66.0 Å². The molecule has 0 spiro atoms. The number of likely N-dealkylation sites (tertiary alicyclic amines) is 1. The van der Waals surface area contributed by atoms with E-state index < -0.39 is 0 Å². The molecule has 2 saturated heterocycles. The zero-order valence-electron chi connectivity index (χ0n) is 23.3. The third-order valence-electron chi connectivity index (χ3n) is 8.65. The molecule has 7 nitrogen and oxygen atoms in total. The Hall–Kier alpha value is -3.23. The smallest absolute Gasteiger partial charge is 0.310 e. The normalized spacial score (nSPS) is 20.3. The lowest BCUT2D eigenvalue weighted by atomic mass is 9.95. The maximum absolute atomic E-state index is 14.0. The molecule has 1 amide bonds. The number of amides is 1. The third-order valence-corrected chi connectivity index (χ3v) is 9.54. The van der Waals surface area contributed by atoms with Crippen LogP contribution in [0, 0.1) is 5.92 Å². The minimum absolute atomic E-state index is 0.0425. The van der Waals surface area contributed by atoms with E-state index in [0.29, 0.717) is 30.6 Å². The van der Waals surface area contributed by atoms with Crippen molar-refractivity contribution in [2.45, 2.75) is 51.6 Å². The van der Waals surface area contributed by atoms with Crippen molar-refractivity contribution in [3.63, 3.8) is 0 Å². The van der Waals surface area contributed by atoms with Gasteiger partial charge in [-0.05, 0) is 73.7 Å². The predicted molar refractivity (Wildman–Crippen MR) is 159 cm³/mol. The number of nitrogens with zero attached hydrogens (tertiary/aromatic N) is 4. The Kier molecular flexibility index (Phi) is 8.16. The van der Waals surface area contributed by atoms with Crippen LogP contribution in [0.4, 0.5) is 5.82 Å². The molecule has 1 aromatic carbocycles. The van der Waals surface area contributed by atoms with Gasteiger partial charge in [-0.15, -0.1) is 11.3 Å². The summed E-state index contributed by atoms with van der Waals surface area (Å²) in [6.07, 6.45) is 4.74. The molecule has 40 heavy (non-hydrogen) atoms.